The summed E-state index contributed by atoms with van der Waals surface area (Å²) in [7, 11) is 0. The van der Waals surface area contributed by atoms with Gasteiger partial charge in [-0.3, -0.25) is 4.79 Å². The van der Waals surface area contributed by atoms with Gasteiger partial charge in [-0.25, -0.2) is 0 Å². The van der Waals surface area contributed by atoms with Crippen molar-refractivity contribution < 1.29 is 4.79 Å². The van der Waals surface area contributed by atoms with Crippen molar-refractivity contribution in [3.8, 4) is 0 Å². The molecule has 1 radical (unpaired) electrons. The molecule has 0 aliphatic carbocycles. The van der Waals surface area contributed by atoms with E-state index in [9.17, 15) is 4.79 Å². The summed E-state index contributed by atoms with van der Waals surface area (Å²) < 4.78 is 0. The quantitative estimate of drug-likeness (QED) is 0.601. The lowest BCUT2D eigenvalue weighted by molar-refractivity contribution is 0.102. The minimum atomic E-state index is -0.175. The Labute approximate surface area is 144 Å². The van der Waals surface area contributed by atoms with Gasteiger partial charge in [0.05, 0.1) is 10.7 Å². The molecule has 24 heavy (non-hydrogen) atoms. The number of hydrogen-bond donors (Lipinski definition) is 1. The predicted molar refractivity (Wildman–Crippen MR) is 95.3 cm³/mol. The SMILES string of the molecule is O=C(Nc1cccc(/N=N/c2cc[c]cc2Cl)c1)c1ccccc1. The van der Waals surface area contributed by atoms with Crippen molar-refractivity contribution in [1.82, 2.24) is 0 Å². The summed E-state index contributed by atoms with van der Waals surface area (Å²) in [5, 5.41) is 11.6. The maximum Gasteiger partial charge on any atom is 0.255 e. The van der Waals surface area contributed by atoms with Crippen molar-refractivity contribution in [2.24, 2.45) is 10.2 Å². The van der Waals surface area contributed by atoms with Gasteiger partial charge in [0, 0.05) is 11.3 Å². The molecule has 117 valence electrons. The lowest BCUT2D eigenvalue weighted by atomic mass is 10.2. The first-order valence-corrected chi connectivity index (χ1v) is 7.64. The Hall–Kier alpha value is -2.98. The fourth-order valence-corrected chi connectivity index (χ4v) is 2.20. The fourth-order valence-electron chi connectivity index (χ4n) is 2.03. The van der Waals surface area contributed by atoms with E-state index in [0.29, 0.717) is 27.6 Å². The Kier molecular flexibility index (Phi) is 4.99. The Morgan fingerprint density at radius 1 is 1.00 bits per heavy atom. The van der Waals surface area contributed by atoms with E-state index in [-0.39, 0.29) is 5.91 Å². The minimum absolute atomic E-state index is 0.175. The number of amides is 1. The lowest BCUT2D eigenvalue weighted by Crippen LogP contribution is -2.11. The van der Waals surface area contributed by atoms with Crippen LogP contribution in [0.3, 0.4) is 0 Å². The third-order valence-electron chi connectivity index (χ3n) is 3.21. The first-order chi connectivity index (χ1) is 11.7. The van der Waals surface area contributed by atoms with Gasteiger partial charge in [0.25, 0.3) is 5.91 Å². The van der Waals surface area contributed by atoms with Crippen LogP contribution in [0, 0.1) is 6.07 Å². The molecule has 0 heterocycles. The van der Waals surface area contributed by atoms with Crippen molar-refractivity contribution >= 4 is 34.6 Å². The van der Waals surface area contributed by atoms with Crippen LogP contribution in [0.25, 0.3) is 0 Å². The Bertz CT molecular complexity index is 879. The fraction of sp³-hybridized carbons (Fsp3) is 0. The van der Waals surface area contributed by atoms with Crippen LogP contribution in [0.5, 0.6) is 0 Å². The normalized spacial score (nSPS) is 10.7. The summed E-state index contributed by atoms with van der Waals surface area (Å²) in [6.07, 6.45) is 0. The maximum atomic E-state index is 12.2. The second-order valence-electron chi connectivity index (χ2n) is 4.95. The topological polar surface area (TPSA) is 53.8 Å². The zero-order valence-electron chi connectivity index (χ0n) is 12.6. The zero-order chi connectivity index (χ0) is 16.8. The van der Waals surface area contributed by atoms with Crippen LogP contribution >= 0.6 is 11.6 Å². The second kappa shape index (κ2) is 7.53. The molecule has 0 atom stereocenters. The van der Waals surface area contributed by atoms with Gasteiger partial charge in [-0.05, 0) is 48.5 Å². The molecule has 0 bridgehead atoms. The molecule has 1 N–H and O–H groups in total. The van der Waals surface area contributed by atoms with E-state index in [2.05, 4.69) is 21.6 Å². The molecule has 0 saturated carbocycles. The average Bonchev–Trinajstić information content (AvgIpc) is 2.62. The number of benzene rings is 3. The van der Waals surface area contributed by atoms with Crippen molar-refractivity contribution in [3.05, 3.63) is 89.4 Å². The van der Waals surface area contributed by atoms with Gasteiger partial charge in [0.15, 0.2) is 0 Å². The molecule has 5 heteroatoms. The molecule has 0 spiro atoms. The molecule has 3 rings (SSSR count). The smallest absolute Gasteiger partial charge is 0.255 e. The highest BCUT2D eigenvalue weighted by Crippen LogP contribution is 2.26. The number of azo groups is 1. The van der Waals surface area contributed by atoms with Crippen molar-refractivity contribution in [2.75, 3.05) is 5.32 Å². The molecule has 0 unspecified atom stereocenters. The number of carbonyl (C=O) groups is 1. The third-order valence-corrected chi connectivity index (χ3v) is 3.51. The van der Waals surface area contributed by atoms with E-state index >= 15 is 0 Å². The largest absolute Gasteiger partial charge is 0.322 e. The zero-order valence-corrected chi connectivity index (χ0v) is 13.4. The van der Waals surface area contributed by atoms with Crippen LogP contribution in [-0.2, 0) is 0 Å². The Morgan fingerprint density at radius 3 is 2.62 bits per heavy atom. The monoisotopic (exact) mass is 334 g/mol. The van der Waals surface area contributed by atoms with Gasteiger partial charge in [0.2, 0.25) is 0 Å². The Morgan fingerprint density at radius 2 is 1.83 bits per heavy atom. The van der Waals surface area contributed by atoms with E-state index in [4.69, 9.17) is 11.6 Å². The predicted octanol–water partition coefficient (Wildman–Crippen LogP) is 5.81. The van der Waals surface area contributed by atoms with Gasteiger partial charge < -0.3 is 5.32 Å². The first-order valence-electron chi connectivity index (χ1n) is 7.26. The van der Waals surface area contributed by atoms with Gasteiger partial charge >= 0.3 is 0 Å². The highest BCUT2D eigenvalue weighted by atomic mass is 35.5. The summed E-state index contributed by atoms with van der Waals surface area (Å²) >= 11 is 6.02. The summed E-state index contributed by atoms with van der Waals surface area (Å²) in [6, 6.07) is 24.1. The molecular weight excluding hydrogens is 322 g/mol. The number of hydrogen-bond acceptors (Lipinski definition) is 3. The molecule has 4 nitrogen and oxygen atoms in total. The molecular formula is C19H13ClN3O. The second-order valence-corrected chi connectivity index (χ2v) is 5.36. The summed E-state index contributed by atoms with van der Waals surface area (Å²) in [5.41, 5.74) is 2.42. The number of carbonyl (C=O) groups excluding carboxylic acids is 1. The molecule has 0 aromatic heterocycles. The van der Waals surface area contributed by atoms with Crippen molar-refractivity contribution in [3.63, 3.8) is 0 Å². The molecule has 0 aliphatic heterocycles. The van der Waals surface area contributed by atoms with Gasteiger partial charge in [-0.15, -0.1) is 5.11 Å². The van der Waals surface area contributed by atoms with Crippen molar-refractivity contribution in [1.29, 1.82) is 0 Å². The molecule has 0 fully saturated rings. The van der Waals surface area contributed by atoms with E-state index in [1.807, 2.05) is 18.2 Å². The highest BCUT2D eigenvalue weighted by molar-refractivity contribution is 6.32. The maximum absolute atomic E-state index is 12.2. The molecule has 0 aliphatic rings. The number of halogens is 1. The standard InChI is InChI=1S/C19H13ClN3O/c20-17-11-4-5-12-18(17)23-22-16-10-6-9-15(13-16)21-19(24)14-7-2-1-3-8-14/h1-3,5-13H,(H,21,24)/b23-22+. The van der Waals surface area contributed by atoms with E-state index in [1.165, 1.54) is 0 Å². The van der Waals surface area contributed by atoms with Gasteiger partial charge in [0.1, 0.15) is 5.69 Å². The van der Waals surface area contributed by atoms with E-state index in [1.54, 1.807) is 54.6 Å². The molecule has 3 aromatic rings. The number of anilines is 1. The summed E-state index contributed by atoms with van der Waals surface area (Å²) in [4.78, 5) is 12.2. The Balaban J connectivity index is 1.75. The summed E-state index contributed by atoms with van der Waals surface area (Å²) in [5.74, 6) is -0.175. The molecule has 0 saturated heterocycles. The lowest BCUT2D eigenvalue weighted by Gasteiger charge is -2.05. The minimum Gasteiger partial charge on any atom is -0.322 e. The van der Waals surface area contributed by atoms with Crippen LogP contribution in [0.15, 0.2) is 83.0 Å². The highest BCUT2D eigenvalue weighted by Gasteiger charge is 2.05. The van der Waals surface area contributed by atoms with Gasteiger partial charge in [-0.2, -0.15) is 5.11 Å². The molecule has 3 aromatic carbocycles. The number of nitrogens with zero attached hydrogens (tertiary/aromatic N) is 2. The first kappa shape index (κ1) is 15.9. The van der Waals surface area contributed by atoms with Crippen LogP contribution in [0.1, 0.15) is 10.4 Å². The van der Waals surface area contributed by atoms with Crippen LogP contribution in [-0.4, -0.2) is 5.91 Å². The van der Waals surface area contributed by atoms with E-state index in [0.717, 1.165) is 0 Å². The van der Waals surface area contributed by atoms with Crippen LogP contribution < -0.4 is 5.32 Å². The van der Waals surface area contributed by atoms with Gasteiger partial charge in [-0.1, -0.05) is 41.9 Å². The van der Waals surface area contributed by atoms with Crippen molar-refractivity contribution in [2.45, 2.75) is 0 Å². The van der Waals surface area contributed by atoms with E-state index < -0.39 is 0 Å². The number of rotatable bonds is 4. The van der Waals surface area contributed by atoms with Crippen LogP contribution in [0.2, 0.25) is 5.02 Å². The summed E-state index contributed by atoms with van der Waals surface area (Å²) in [6.45, 7) is 0. The number of nitrogens with one attached hydrogen (secondary N) is 1. The van der Waals surface area contributed by atoms with Crippen LogP contribution in [0.4, 0.5) is 17.1 Å². The molecule has 1 amide bonds. The average molecular weight is 335 g/mol. The third kappa shape index (κ3) is 4.06.